The highest BCUT2D eigenvalue weighted by molar-refractivity contribution is 9.10. The van der Waals surface area contributed by atoms with Crippen LogP contribution in [0.2, 0.25) is 0 Å². The van der Waals surface area contributed by atoms with Crippen LogP contribution in [0.15, 0.2) is 35.2 Å². The Bertz CT molecular complexity index is 436. The SMILES string of the molecule is CCn1cc(-c2cccc(Br)n2)cn1. The van der Waals surface area contributed by atoms with E-state index in [-0.39, 0.29) is 0 Å². The van der Waals surface area contributed by atoms with Gasteiger partial charge in [0.1, 0.15) is 4.60 Å². The standard InChI is InChI=1S/C10H10BrN3/c1-2-14-7-8(6-12-14)9-4-3-5-10(11)13-9/h3-7H,2H2,1H3. The molecule has 4 heteroatoms. The number of aromatic nitrogens is 3. The number of halogens is 1. The summed E-state index contributed by atoms with van der Waals surface area (Å²) in [5, 5.41) is 4.20. The maximum Gasteiger partial charge on any atom is 0.106 e. The second-order valence-corrected chi connectivity index (χ2v) is 3.74. The maximum atomic E-state index is 4.35. The molecule has 2 aromatic rings. The van der Waals surface area contributed by atoms with E-state index in [2.05, 4.69) is 32.9 Å². The van der Waals surface area contributed by atoms with E-state index in [1.54, 1.807) is 0 Å². The maximum absolute atomic E-state index is 4.35. The third-order valence-corrected chi connectivity index (χ3v) is 2.41. The second-order valence-electron chi connectivity index (χ2n) is 2.93. The van der Waals surface area contributed by atoms with Crippen LogP contribution in [-0.4, -0.2) is 14.8 Å². The van der Waals surface area contributed by atoms with Crippen LogP contribution in [0.1, 0.15) is 6.92 Å². The average molecular weight is 252 g/mol. The van der Waals surface area contributed by atoms with Crippen molar-refractivity contribution in [3.05, 3.63) is 35.2 Å². The highest BCUT2D eigenvalue weighted by Crippen LogP contribution is 2.18. The molecule has 0 aliphatic heterocycles. The zero-order valence-corrected chi connectivity index (χ0v) is 9.40. The number of rotatable bonds is 2. The minimum atomic E-state index is 0.847. The Balaban J connectivity index is 2.39. The van der Waals surface area contributed by atoms with Gasteiger partial charge in [-0.05, 0) is 35.0 Å². The van der Waals surface area contributed by atoms with Crippen molar-refractivity contribution in [2.45, 2.75) is 13.5 Å². The molecule has 0 amide bonds. The molecular weight excluding hydrogens is 242 g/mol. The highest BCUT2D eigenvalue weighted by Gasteiger charge is 2.02. The summed E-state index contributed by atoms with van der Waals surface area (Å²) in [7, 11) is 0. The zero-order chi connectivity index (χ0) is 9.97. The molecule has 0 aliphatic carbocycles. The lowest BCUT2D eigenvalue weighted by molar-refractivity contribution is 0.660. The molecule has 0 spiro atoms. The van der Waals surface area contributed by atoms with Crippen LogP contribution in [0.4, 0.5) is 0 Å². The van der Waals surface area contributed by atoms with Crippen LogP contribution in [0.3, 0.4) is 0 Å². The van der Waals surface area contributed by atoms with Crippen molar-refractivity contribution < 1.29 is 0 Å². The van der Waals surface area contributed by atoms with Crippen LogP contribution >= 0.6 is 15.9 Å². The molecule has 0 bridgehead atoms. The predicted octanol–water partition coefficient (Wildman–Crippen LogP) is 2.73. The topological polar surface area (TPSA) is 30.7 Å². The van der Waals surface area contributed by atoms with Crippen molar-refractivity contribution in [3.8, 4) is 11.3 Å². The molecule has 0 radical (unpaired) electrons. The first-order chi connectivity index (χ1) is 6.79. The van der Waals surface area contributed by atoms with Crippen molar-refractivity contribution in [1.82, 2.24) is 14.8 Å². The molecule has 72 valence electrons. The Morgan fingerprint density at radius 2 is 2.29 bits per heavy atom. The highest BCUT2D eigenvalue weighted by atomic mass is 79.9. The number of pyridine rings is 1. The molecule has 0 saturated carbocycles. The third kappa shape index (κ3) is 1.85. The Labute approximate surface area is 90.9 Å². The molecule has 2 heterocycles. The van der Waals surface area contributed by atoms with Gasteiger partial charge >= 0.3 is 0 Å². The van der Waals surface area contributed by atoms with E-state index in [4.69, 9.17) is 0 Å². The summed E-state index contributed by atoms with van der Waals surface area (Å²) in [5.41, 5.74) is 1.99. The minimum Gasteiger partial charge on any atom is -0.272 e. The predicted molar refractivity (Wildman–Crippen MR) is 58.8 cm³/mol. The van der Waals surface area contributed by atoms with Gasteiger partial charge in [-0.25, -0.2) is 4.98 Å². The lowest BCUT2D eigenvalue weighted by Gasteiger charge is -1.96. The molecule has 2 rings (SSSR count). The van der Waals surface area contributed by atoms with E-state index in [9.17, 15) is 0 Å². The molecule has 0 saturated heterocycles. The zero-order valence-electron chi connectivity index (χ0n) is 7.81. The molecule has 14 heavy (non-hydrogen) atoms. The number of hydrogen-bond acceptors (Lipinski definition) is 2. The van der Waals surface area contributed by atoms with Gasteiger partial charge in [-0.1, -0.05) is 6.07 Å². The van der Waals surface area contributed by atoms with E-state index in [1.165, 1.54) is 0 Å². The van der Waals surface area contributed by atoms with Crippen molar-refractivity contribution in [3.63, 3.8) is 0 Å². The third-order valence-electron chi connectivity index (χ3n) is 1.97. The first-order valence-corrected chi connectivity index (χ1v) is 5.24. The van der Waals surface area contributed by atoms with Crippen molar-refractivity contribution in [2.24, 2.45) is 0 Å². The Morgan fingerprint density at radius 1 is 1.43 bits per heavy atom. The van der Waals surface area contributed by atoms with Crippen LogP contribution in [0, 0.1) is 0 Å². The minimum absolute atomic E-state index is 0.847. The monoisotopic (exact) mass is 251 g/mol. The molecule has 0 N–H and O–H groups in total. The fourth-order valence-electron chi connectivity index (χ4n) is 1.24. The first kappa shape index (κ1) is 9.40. The Kier molecular flexibility index (Phi) is 2.63. The van der Waals surface area contributed by atoms with Crippen LogP contribution < -0.4 is 0 Å². The second kappa shape index (κ2) is 3.92. The van der Waals surface area contributed by atoms with Gasteiger partial charge in [0, 0.05) is 18.3 Å². The molecule has 3 nitrogen and oxygen atoms in total. The van der Waals surface area contributed by atoms with Gasteiger partial charge in [-0.2, -0.15) is 5.10 Å². The van der Waals surface area contributed by atoms with E-state index in [0.717, 1.165) is 22.4 Å². The van der Waals surface area contributed by atoms with Crippen molar-refractivity contribution in [2.75, 3.05) is 0 Å². The molecular formula is C10H10BrN3. The summed E-state index contributed by atoms with van der Waals surface area (Å²) < 4.78 is 2.73. The van der Waals surface area contributed by atoms with Gasteiger partial charge in [-0.15, -0.1) is 0 Å². The molecule has 2 aromatic heterocycles. The summed E-state index contributed by atoms with van der Waals surface area (Å²) >= 11 is 3.34. The van der Waals surface area contributed by atoms with Gasteiger partial charge in [-0.3, -0.25) is 4.68 Å². The smallest absolute Gasteiger partial charge is 0.106 e. The van der Waals surface area contributed by atoms with Crippen LogP contribution in [0.5, 0.6) is 0 Å². The number of nitrogens with zero attached hydrogens (tertiary/aromatic N) is 3. The molecule has 0 unspecified atom stereocenters. The Hall–Kier alpha value is -1.16. The normalized spacial score (nSPS) is 10.4. The summed E-state index contributed by atoms with van der Waals surface area (Å²) in [5.74, 6) is 0. The summed E-state index contributed by atoms with van der Waals surface area (Å²) in [4.78, 5) is 4.35. The van der Waals surface area contributed by atoms with Crippen molar-refractivity contribution >= 4 is 15.9 Å². The van der Waals surface area contributed by atoms with Gasteiger partial charge in [0.05, 0.1) is 11.9 Å². The average Bonchev–Trinajstić information content (AvgIpc) is 2.66. The molecule has 0 aliphatic rings. The number of hydrogen-bond donors (Lipinski definition) is 0. The quantitative estimate of drug-likeness (QED) is 0.769. The van der Waals surface area contributed by atoms with Gasteiger partial charge in [0.2, 0.25) is 0 Å². The van der Waals surface area contributed by atoms with Gasteiger partial charge in [0.25, 0.3) is 0 Å². The number of aryl methyl sites for hydroxylation is 1. The van der Waals surface area contributed by atoms with E-state index < -0.39 is 0 Å². The molecule has 0 aromatic carbocycles. The van der Waals surface area contributed by atoms with Gasteiger partial charge < -0.3 is 0 Å². The van der Waals surface area contributed by atoms with E-state index in [1.807, 2.05) is 35.3 Å². The molecule has 0 atom stereocenters. The summed E-state index contributed by atoms with van der Waals surface area (Å²) in [6.07, 6.45) is 3.83. The lowest BCUT2D eigenvalue weighted by Crippen LogP contribution is -1.92. The fourth-order valence-corrected chi connectivity index (χ4v) is 1.58. The Morgan fingerprint density at radius 3 is 2.93 bits per heavy atom. The van der Waals surface area contributed by atoms with E-state index in [0.29, 0.717) is 0 Å². The molecule has 0 fully saturated rings. The summed E-state index contributed by atoms with van der Waals surface area (Å²) in [6.45, 7) is 2.94. The van der Waals surface area contributed by atoms with E-state index >= 15 is 0 Å². The summed E-state index contributed by atoms with van der Waals surface area (Å²) in [6, 6.07) is 5.85. The van der Waals surface area contributed by atoms with Crippen molar-refractivity contribution in [1.29, 1.82) is 0 Å². The fraction of sp³-hybridized carbons (Fsp3) is 0.200. The van der Waals surface area contributed by atoms with Gasteiger partial charge in [0.15, 0.2) is 0 Å². The lowest BCUT2D eigenvalue weighted by atomic mass is 10.2. The van der Waals surface area contributed by atoms with Crippen LogP contribution in [-0.2, 0) is 6.54 Å². The first-order valence-electron chi connectivity index (χ1n) is 4.45. The van der Waals surface area contributed by atoms with Crippen LogP contribution in [0.25, 0.3) is 11.3 Å². The largest absolute Gasteiger partial charge is 0.272 e.